The van der Waals surface area contributed by atoms with Crippen molar-refractivity contribution >= 4 is 34.4 Å². The van der Waals surface area contributed by atoms with Gasteiger partial charge in [-0.05, 0) is 49.4 Å². The largest absolute Gasteiger partial charge is 0.480 e. The van der Waals surface area contributed by atoms with Gasteiger partial charge in [-0.25, -0.2) is 8.78 Å². The molecule has 3 amide bonds. The van der Waals surface area contributed by atoms with E-state index in [0.717, 1.165) is 43.0 Å². The molecule has 0 spiro atoms. The number of fused-ring (bicyclic) bond motifs is 1. The molecule has 0 radical (unpaired) electrons. The highest BCUT2D eigenvalue weighted by Gasteiger charge is 2.34. The van der Waals surface area contributed by atoms with Gasteiger partial charge in [0.2, 0.25) is 17.6 Å². The average Bonchev–Trinajstić information content (AvgIpc) is 3.64. The molecule has 5 rings (SSSR count). The van der Waals surface area contributed by atoms with Crippen LogP contribution in [0.15, 0.2) is 42.5 Å². The lowest BCUT2D eigenvalue weighted by molar-refractivity contribution is -0.131. The first-order chi connectivity index (χ1) is 21.2. The number of halogens is 3. The summed E-state index contributed by atoms with van der Waals surface area (Å²) in [6.45, 7) is -0.481. The van der Waals surface area contributed by atoms with Crippen molar-refractivity contribution in [3.05, 3.63) is 65.6 Å². The Balaban J connectivity index is 1.34. The molecule has 1 aliphatic heterocycles. The second-order valence-corrected chi connectivity index (χ2v) is 11.5. The van der Waals surface area contributed by atoms with Gasteiger partial charge in [0.05, 0.1) is 6.04 Å². The number of aromatic nitrogens is 1. The molecule has 2 aromatic carbocycles. The number of amides is 3. The van der Waals surface area contributed by atoms with Gasteiger partial charge in [0.15, 0.2) is 23.2 Å². The van der Waals surface area contributed by atoms with Gasteiger partial charge in [-0.3, -0.25) is 19.2 Å². The van der Waals surface area contributed by atoms with Crippen molar-refractivity contribution in [1.29, 1.82) is 0 Å². The lowest BCUT2D eigenvalue weighted by atomic mass is 9.84. The van der Waals surface area contributed by atoms with Crippen molar-refractivity contribution < 1.29 is 37.1 Å². The normalized spacial score (nSPS) is 18.4. The number of ether oxygens (including phenoxy) is 1. The quantitative estimate of drug-likeness (QED) is 0.227. The Bertz CT molecular complexity index is 1500. The van der Waals surface area contributed by atoms with E-state index in [4.69, 9.17) is 4.74 Å². The van der Waals surface area contributed by atoms with E-state index in [1.807, 2.05) is 24.3 Å². The molecule has 2 unspecified atom stereocenters. The van der Waals surface area contributed by atoms with Crippen LogP contribution in [0.25, 0.3) is 10.9 Å². The van der Waals surface area contributed by atoms with Crippen molar-refractivity contribution in [3.8, 4) is 5.75 Å². The molecule has 3 aromatic rings. The Labute approximate surface area is 252 Å². The highest BCUT2D eigenvalue weighted by Crippen LogP contribution is 2.28. The van der Waals surface area contributed by atoms with Gasteiger partial charge in [0.1, 0.15) is 18.3 Å². The van der Waals surface area contributed by atoms with E-state index in [1.54, 1.807) is 6.07 Å². The molecule has 1 saturated carbocycles. The third kappa shape index (κ3) is 7.40. The molecule has 0 bridgehead atoms. The van der Waals surface area contributed by atoms with Crippen molar-refractivity contribution in [2.75, 3.05) is 13.2 Å². The van der Waals surface area contributed by atoms with Gasteiger partial charge in [-0.15, -0.1) is 0 Å². The summed E-state index contributed by atoms with van der Waals surface area (Å²) < 4.78 is 46.9. The zero-order chi connectivity index (χ0) is 31.2. The van der Waals surface area contributed by atoms with Gasteiger partial charge in [-0.2, -0.15) is 4.39 Å². The van der Waals surface area contributed by atoms with Crippen molar-refractivity contribution in [3.63, 3.8) is 0 Å². The van der Waals surface area contributed by atoms with E-state index in [2.05, 4.69) is 20.9 Å². The Morgan fingerprint density at radius 2 is 1.66 bits per heavy atom. The zero-order valence-electron chi connectivity index (χ0n) is 24.1. The van der Waals surface area contributed by atoms with Gasteiger partial charge in [0.25, 0.3) is 5.91 Å². The van der Waals surface area contributed by atoms with Crippen LogP contribution >= 0.6 is 0 Å². The predicted molar refractivity (Wildman–Crippen MR) is 155 cm³/mol. The summed E-state index contributed by atoms with van der Waals surface area (Å²) in [5.74, 6) is -7.76. The number of hydrogen-bond acceptors (Lipinski definition) is 5. The molecule has 234 valence electrons. The highest BCUT2D eigenvalue weighted by molar-refractivity contribution is 6.01. The first kappa shape index (κ1) is 31.1. The van der Waals surface area contributed by atoms with Crippen LogP contribution in [0, 0.1) is 29.3 Å². The number of Topliss-reactive ketones (excluding diaryl/α,β-unsaturated/α-hetero) is 1. The molecule has 1 aliphatic carbocycles. The SMILES string of the molecule is O=C(NC(CC1CCCCC1)C(=O)NC(C[C@@H]1CCNC1=O)C(=O)COc1c(F)ccc(F)c1F)c1cc2ccccc2[nH]1. The maximum Gasteiger partial charge on any atom is 0.268 e. The maximum atomic E-state index is 14.1. The molecule has 3 atom stereocenters. The van der Waals surface area contributed by atoms with E-state index in [9.17, 15) is 32.3 Å². The molecule has 9 nitrogen and oxygen atoms in total. The summed E-state index contributed by atoms with van der Waals surface area (Å²) in [6.07, 6.45) is 5.61. The van der Waals surface area contributed by atoms with Gasteiger partial charge < -0.3 is 25.7 Å². The van der Waals surface area contributed by atoms with Crippen LogP contribution in [0.2, 0.25) is 0 Å². The topological polar surface area (TPSA) is 129 Å². The van der Waals surface area contributed by atoms with E-state index in [0.29, 0.717) is 31.5 Å². The second-order valence-electron chi connectivity index (χ2n) is 11.5. The Morgan fingerprint density at radius 3 is 2.39 bits per heavy atom. The molecule has 4 N–H and O–H groups in total. The summed E-state index contributed by atoms with van der Waals surface area (Å²) in [5, 5.41) is 9.02. The smallest absolute Gasteiger partial charge is 0.268 e. The Hall–Kier alpha value is -4.35. The second kappa shape index (κ2) is 14.0. The number of nitrogens with one attached hydrogen (secondary N) is 4. The van der Waals surface area contributed by atoms with Gasteiger partial charge in [0, 0.05) is 23.4 Å². The van der Waals surface area contributed by atoms with Crippen LogP contribution in [0.3, 0.4) is 0 Å². The number of carbonyl (C=O) groups is 4. The molecule has 2 heterocycles. The minimum absolute atomic E-state index is 0.0833. The van der Waals surface area contributed by atoms with Gasteiger partial charge >= 0.3 is 0 Å². The van der Waals surface area contributed by atoms with Crippen LogP contribution < -0.4 is 20.7 Å². The van der Waals surface area contributed by atoms with Crippen molar-refractivity contribution in [2.24, 2.45) is 11.8 Å². The van der Waals surface area contributed by atoms with Gasteiger partial charge in [-0.1, -0.05) is 50.3 Å². The van der Waals surface area contributed by atoms with E-state index < -0.39 is 65.4 Å². The van der Waals surface area contributed by atoms with Crippen molar-refractivity contribution in [1.82, 2.24) is 20.9 Å². The summed E-state index contributed by atoms with van der Waals surface area (Å²) in [5.41, 5.74) is 1.04. The minimum Gasteiger partial charge on any atom is -0.480 e. The molecular weight excluding hydrogens is 577 g/mol. The number of benzene rings is 2. The molecule has 1 aromatic heterocycles. The van der Waals surface area contributed by atoms with E-state index in [1.165, 1.54) is 0 Å². The number of para-hydroxylation sites is 1. The summed E-state index contributed by atoms with van der Waals surface area (Å²) in [4.78, 5) is 55.7. The molecule has 2 aliphatic rings. The van der Waals surface area contributed by atoms with Crippen LogP contribution in [0.4, 0.5) is 13.2 Å². The molecular formula is C32H35F3N4O5. The fraction of sp³-hybridized carbons (Fsp3) is 0.438. The monoisotopic (exact) mass is 612 g/mol. The fourth-order valence-electron chi connectivity index (χ4n) is 6.00. The number of H-pyrrole nitrogens is 1. The van der Waals surface area contributed by atoms with Crippen LogP contribution in [-0.2, 0) is 14.4 Å². The first-order valence-electron chi connectivity index (χ1n) is 14.9. The zero-order valence-corrected chi connectivity index (χ0v) is 24.1. The number of aromatic amines is 1. The standard InChI is InChI=1S/C32H35F3N4O5/c33-21-10-11-22(34)29(28(21)35)44-17-27(40)24(16-20-12-13-36-30(20)41)38-31(42)25(14-18-6-2-1-3-7-18)39-32(43)26-15-19-8-4-5-9-23(19)37-26/h4-5,8-11,15,18,20,24-25,37H,1-3,6-7,12-14,16-17H2,(H,36,41)(H,38,42)(H,39,43)/t20-,24?,25?/m0/s1. The molecule has 12 heteroatoms. The number of carbonyl (C=O) groups excluding carboxylic acids is 4. The predicted octanol–water partition coefficient (Wildman–Crippen LogP) is 4.31. The van der Waals surface area contributed by atoms with Crippen LogP contribution in [0.5, 0.6) is 5.75 Å². The number of rotatable bonds is 12. The molecule has 44 heavy (non-hydrogen) atoms. The summed E-state index contributed by atoms with van der Waals surface area (Å²) in [6, 6.07) is 8.06. The van der Waals surface area contributed by atoms with Crippen molar-refractivity contribution in [2.45, 2.75) is 63.5 Å². The average molecular weight is 613 g/mol. The lowest BCUT2D eigenvalue weighted by Gasteiger charge is -2.28. The van der Waals surface area contributed by atoms with E-state index in [-0.39, 0.29) is 23.9 Å². The Kier molecular flexibility index (Phi) is 9.86. The fourth-order valence-corrected chi connectivity index (χ4v) is 6.00. The molecule has 2 fully saturated rings. The van der Waals surface area contributed by atoms with Crippen LogP contribution in [0.1, 0.15) is 61.9 Å². The highest BCUT2D eigenvalue weighted by atomic mass is 19.2. The minimum atomic E-state index is -1.58. The Morgan fingerprint density at radius 1 is 0.909 bits per heavy atom. The third-order valence-electron chi connectivity index (χ3n) is 8.44. The summed E-state index contributed by atoms with van der Waals surface area (Å²) in [7, 11) is 0. The molecule has 1 saturated heterocycles. The first-order valence-corrected chi connectivity index (χ1v) is 14.9. The number of ketones is 1. The number of hydrogen-bond donors (Lipinski definition) is 4. The van der Waals surface area contributed by atoms with Crippen LogP contribution in [-0.4, -0.2) is 53.7 Å². The summed E-state index contributed by atoms with van der Waals surface area (Å²) >= 11 is 0. The van der Waals surface area contributed by atoms with E-state index >= 15 is 0 Å². The lowest BCUT2D eigenvalue weighted by Crippen LogP contribution is -2.53. The maximum absolute atomic E-state index is 14.1. The third-order valence-corrected chi connectivity index (χ3v) is 8.44.